The first-order chi connectivity index (χ1) is 9.67. The average molecular weight is 281 g/mol. The Bertz CT molecular complexity index is 534. The summed E-state index contributed by atoms with van der Waals surface area (Å²) in [5.74, 6) is -0.330. The van der Waals surface area contributed by atoms with Gasteiger partial charge in [0.15, 0.2) is 5.90 Å². The van der Waals surface area contributed by atoms with E-state index in [1.54, 1.807) is 25.1 Å². The Hall–Kier alpha value is -1.49. The topological polar surface area (TPSA) is 30.8 Å². The highest BCUT2D eigenvalue weighted by Gasteiger charge is 2.51. The minimum Gasteiger partial charge on any atom is -0.477 e. The third kappa shape index (κ3) is 2.00. The number of halogens is 2. The largest absolute Gasteiger partial charge is 0.477 e. The minimum absolute atomic E-state index is 0.170. The molecule has 1 saturated heterocycles. The molecular weight excluding hydrogens is 264 g/mol. The lowest BCUT2D eigenvalue weighted by Gasteiger charge is -2.45. The van der Waals surface area contributed by atoms with Crippen molar-refractivity contribution in [1.29, 1.82) is 0 Å². The van der Waals surface area contributed by atoms with E-state index in [1.807, 2.05) is 0 Å². The van der Waals surface area contributed by atoms with E-state index in [2.05, 4.69) is 4.99 Å². The Morgan fingerprint density at radius 1 is 1.40 bits per heavy atom. The van der Waals surface area contributed by atoms with Crippen molar-refractivity contribution in [3.63, 3.8) is 0 Å². The molecule has 1 aromatic rings. The molecule has 2 aliphatic rings. The number of hydrogen-bond acceptors (Lipinski definition) is 3. The van der Waals surface area contributed by atoms with Crippen LogP contribution in [0.3, 0.4) is 0 Å². The molecule has 0 saturated carbocycles. The summed E-state index contributed by atoms with van der Waals surface area (Å²) in [4.78, 5) is 4.35. The molecule has 0 aliphatic carbocycles. The van der Waals surface area contributed by atoms with Gasteiger partial charge in [0, 0.05) is 18.9 Å². The quantitative estimate of drug-likeness (QED) is 0.834. The fourth-order valence-corrected chi connectivity index (χ4v) is 3.19. The maximum Gasteiger partial charge on any atom is 0.181 e. The zero-order valence-corrected chi connectivity index (χ0v) is 11.3. The van der Waals surface area contributed by atoms with Gasteiger partial charge in [-0.15, -0.1) is 0 Å². The molecule has 5 heteroatoms. The van der Waals surface area contributed by atoms with Gasteiger partial charge in [-0.3, -0.25) is 0 Å². The summed E-state index contributed by atoms with van der Waals surface area (Å²) in [6.45, 7) is 1.84. The summed E-state index contributed by atoms with van der Waals surface area (Å²) in [7, 11) is 0. The fraction of sp³-hybridized carbons (Fsp3) is 0.533. The van der Waals surface area contributed by atoms with Gasteiger partial charge in [0.2, 0.25) is 0 Å². The molecule has 1 fully saturated rings. The van der Waals surface area contributed by atoms with Crippen LogP contribution in [-0.2, 0) is 15.0 Å². The highest BCUT2D eigenvalue weighted by molar-refractivity contribution is 5.75. The van der Waals surface area contributed by atoms with E-state index in [0.717, 1.165) is 0 Å². The van der Waals surface area contributed by atoms with Gasteiger partial charge >= 0.3 is 0 Å². The molecule has 3 atom stereocenters. The molecule has 0 amide bonds. The number of benzene rings is 1. The molecular formula is C15H17F2NO2. The Balaban J connectivity index is 2.14. The van der Waals surface area contributed by atoms with Crippen LogP contribution >= 0.6 is 0 Å². The van der Waals surface area contributed by atoms with Crippen molar-refractivity contribution in [3.05, 3.63) is 35.6 Å². The molecule has 2 heterocycles. The standard InChI is InChI=1S/C15H17F2NO2/c1-10-18-15(9-16,11-4-2-3-5-13(11)17)12-8-19-7-6-14(12)20-10/h2-5,12,14H,6-9H2,1H3/t12-,14-,15-/m1/s1. The molecule has 0 bridgehead atoms. The van der Waals surface area contributed by atoms with E-state index >= 15 is 0 Å². The van der Waals surface area contributed by atoms with Crippen LogP contribution in [-0.4, -0.2) is 31.9 Å². The van der Waals surface area contributed by atoms with Gasteiger partial charge in [0.1, 0.15) is 24.1 Å². The Morgan fingerprint density at radius 2 is 2.20 bits per heavy atom. The maximum absolute atomic E-state index is 14.2. The molecule has 2 aliphatic heterocycles. The van der Waals surface area contributed by atoms with Gasteiger partial charge < -0.3 is 9.47 Å². The van der Waals surface area contributed by atoms with Crippen LogP contribution in [0.2, 0.25) is 0 Å². The lowest BCUT2D eigenvalue weighted by atomic mass is 9.74. The summed E-state index contributed by atoms with van der Waals surface area (Å²) >= 11 is 0. The smallest absolute Gasteiger partial charge is 0.181 e. The summed E-state index contributed by atoms with van der Waals surface area (Å²) in [5, 5.41) is 0. The molecule has 3 rings (SSSR count). The number of hydrogen-bond donors (Lipinski definition) is 0. The van der Waals surface area contributed by atoms with E-state index in [4.69, 9.17) is 9.47 Å². The second-order valence-corrected chi connectivity index (χ2v) is 5.29. The molecule has 0 radical (unpaired) electrons. The van der Waals surface area contributed by atoms with Crippen LogP contribution in [0.4, 0.5) is 8.78 Å². The van der Waals surface area contributed by atoms with Crippen molar-refractivity contribution in [3.8, 4) is 0 Å². The fourth-order valence-electron chi connectivity index (χ4n) is 3.19. The summed E-state index contributed by atoms with van der Waals surface area (Å²) in [6.07, 6.45) is 0.505. The third-order valence-electron chi connectivity index (χ3n) is 4.13. The summed E-state index contributed by atoms with van der Waals surface area (Å²) in [5.41, 5.74) is -0.954. The maximum atomic E-state index is 14.2. The van der Waals surface area contributed by atoms with Crippen LogP contribution in [0.25, 0.3) is 0 Å². The Morgan fingerprint density at radius 3 is 2.95 bits per heavy atom. The van der Waals surface area contributed by atoms with Crippen molar-refractivity contribution in [2.24, 2.45) is 10.9 Å². The highest BCUT2D eigenvalue weighted by atomic mass is 19.1. The van der Waals surface area contributed by atoms with Gasteiger partial charge in [-0.25, -0.2) is 13.8 Å². The number of nitrogens with zero attached hydrogens (tertiary/aromatic N) is 1. The molecule has 3 nitrogen and oxygen atoms in total. The minimum atomic E-state index is -1.24. The number of fused-ring (bicyclic) bond motifs is 1. The monoisotopic (exact) mass is 281 g/mol. The van der Waals surface area contributed by atoms with Crippen molar-refractivity contribution in [2.45, 2.75) is 25.0 Å². The molecule has 0 spiro atoms. The average Bonchev–Trinajstić information content (AvgIpc) is 2.46. The molecule has 0 N–H and O–H groups in total. The normalized spacial score (nSPS) is 33.0. The van der Waals surface area contributed by atoms with E-state index in [-0.39, 0.29) is 17.6 Å². The number of aliphatic imine (C=N–C) groups is 1. The SMILES string of the molecule is CC1=N[C@](CF)(c2ccccc2F)[C@@H]2COCC[C@H]2O1. The van der Waals surface area contributed by atoms with E-state index < -0.39 is 18.0 Å². The second kappa shape index (κ2) is 5.13. The number of rotatable bonds is 2. The first kappa shape index (κ1) is 13.5. The molecule has 0 unspecified atom stereocenters. The lowest BCUT2D eigenvalue weighted by molar-refractivity contribution is -0.0780. The summed E-state index contributed by atoms with van der Waals surface area (Å²) < 4.78 is 39.3. The van der Waals surface area contributed by atoms with E-state index in [1.165, 1.54) is 6.07 Å². The van der Waals surface area contributed by atoms with Crippen LogP contribution in [0.1, 0.15) is 18.9 Å². The lowest BCUT2D eigenvalue weighted by Crippen LogP contribution is -2.53. The molecule has 20 heavy (non-hydrogen) atoms. The second-order valence-electron chi connectivity index (χ2n) is 5.29. The van der Waals surface area contributed by atoms with Gasteiger partial charge in [0.05, 0.1) is 19.1 Å². The van der Waals surface area contributed by atoms with Crippen molar-refractivity contribution >= 4 is 5.90 Å². The van der Waals surface area contributed by atoms with Crippen LogP contribution < -0.4 is 0 Å². The molecule has 108 valence electrons. The van der Waals surface area contributed by atoms with Gasteiger partial charge in [-0.05, 0) is 6.07 Å². The zero-order chi connectivity index (χ0) is 14.2. The van der Waals surface area contributed by atoms with Crippen molar-refractivity contribution in [1.82, 2.24) is 0 Å². The Kier molecular flexibility index (Phi) is 3.46. The van der Waals surface area contributed by atoms with Crippen molar-refractivity contribution in [2.75, 3.05) is 19.9 Å². The first-order valence-corrected chi connectivity index (χ1v) is 6.79. The third-order valence-corrected chi connectivity index (χ3v) is 4.13. The van der Waals surface area contributed by atoms with Gasteiger partial charge in [-0.1, -0.05) is 18.2 Å². The van der Waals surface area contributed by atoms with Crippen LogP contribution in [0, 0.1) is 11.7 Å². The number of alkyl halides is 1. The van der Waals surface area contributed by atoms with E-state index in [0.29, 0.717) is 25.5 Å². The zero-order valence-electron chi connectivity index (χ0n) is 11.3. The highest BCUT2D eigenvalue weighted by Crippen LogP contribution is 2.44. The van der Waals surface area contributed by atoms with E-state index in [9.17, 15) is 8.78 Å². The van der Waals surface area contributed by atoms with Gasteiger partial charge in [-0.2, -0.15) is 0 Å². The molecule has 1 aromatic carbocycles. The Labute approximate surface area is 116 Å². The predicted octanol–water partition coefficient (Wildman–Crippen LogP) is 2.84. The number of ether oxygens (including phenoxy) is 2. The molecule has 0 aromatic heterocycles. The van der Waals surface area contributed by atoms with Gasteiger partial charge in [0.25, 0.3) is 0 Å². The summed E-state index contributed by atoms with van der Waals surface area (Å²) in [6, 6.07) is 6.23. The predicted molar refractivity (Wildman–Crippen MR) is 71.0 cm³/mol. The van der Waals surface area contributed by atoms with Crippen LogP contribution in [0.15, 0.2) is 29.3 Å². The van der Waals surface area contributed by atoms with Crippen LogP contribution in [0.5, 0.6) is 0 Å². The van der Waals surface area contributed by atoms with Crippen molar-refractivity contribution < 1.29 is 18.3 Å². The first-order valence-electron chi connectivity index (χ1n) is 6.79.